The second kappa shape index (κ2) is 6.78. The van der Waals surface area contributed by atoms with Crippen LogP contribution in [0.5, 0.6) is 0 Å². The Kier molecular flexibility index (Phi) is 5.03. The number of amides is 3. The number of hydrogen-bond donors (Lipinski definition) is 1. The molecule has 1 N–H and O–H groups in total. The van der Waals surface area contributed by atoms with E-state index >= 15 is 0 Å². The van der Waals surface area contributed by atoms with Crippen LogP contribution in [0.15, 0.2) is 18.2 Å². The molecular weight excluding hydrogens is 317 g/mol. The van der Waals surface area contributed by atoms with Gasteiger partial charge < -0.3 is 15.1 Å². The predicted molar refractivity (Wildman–Crippen MR) is 79.3 cm³/mol. The minimum absolute atomic E-state index is 0.186. The van der Waals surface area contributed by atoms with Crippen LogP contribution in [-0.2, 0) is 14.4 Å². The number of benzene rings is 1. The zero-order valence-corrected chi connectivity index (χ0v) is 12.5. The third-order valence-electron chi connectivity index (χ3n) is 3.14. The van der Waals surface area contributed by atoms with Crippen molar-refractivity contribution in [1.82, 2.24) is 9.80 Å². The average molecular weight is 330 g/mol. The maximum Gasteiger partial charge on any atom is 0.313 e. The number of hydrogen-bond acceptors (Lipinski definition) is 3. The quantitative estimate of drug-likeness (QED) is 0.655. The van der Waals surface area contributed by atoms with Crippen molar-refractivity contribution >= 4 is 47.1 Å². The Morgan fingerprint density at radius 2 is 1.81 bits per heavy atom. The van der Waals surface area contributed by atoms with Crippen LogP contribution >= 0.6 is 23.2 Å². The van der Waals surface area contributed by atoms with Gasteiger partial charge in [-0.3, -0.25) is 14.4 Å². The van der Waals surface area contributed by atoms with Gasteiger partial charge in [0.1, 0.15) is 0 Å². The molecule has 0 saturated carbocycles. The second-order valence-corrected chi connectivity index (χ2v) is 5.27. The minimum Gasteiger partial charge on any atom is -0.342 e. The van der Waals surface area contributed by atoms with Crippen LogP contribution in [0.3, 0.4) is 0 Å². The van der Waals surface area contributed by atoms with Crippen molar-refractivity contribution in [2.24, 2.45) is 0 Å². The lowest BCUT2D eigenvalue weighted by atomic mass is 10.3. The summed E-state index contributed by atoms with van der Waals surface area (Å²) in [6.07, 6.45) is 0.730. The number of piperazine rings is 1. The molecule has 3 amide bonds. The summed E-state index contributed by atoms with van der Waals surface area (Å²) in [6.45, 7) is 1.49. The number of carbonyl (C=O) groups is 3. The monoisotopic (exact) mass is 329 g/mol. The lowest BCUT2D eigenvalue weighted by Gasteiger charge is -2.32. The van der Waals surface area contributed by atoms with Gasteiger partial charge in [-0.2, -0.15) is 0 Å². The zero-order chi connectivity index (χ0) is 15.4. The van der Waals surface area contributed by atoms with Crippen molar-refractivity contribution in [3.63, 3.8) is 0 Å². The second-order valence-electron chi connectivity index (χ2n) is 4.49. The van der Waals surface area contributed by atoms with Gasteiger partial charge in [-0.05, 0) is 12.1 Å². The van der Waals surface area contributed by atoms with E-state index in [0.717, 1.165) is 6.41 Å². The van der Waals surface area contributed by atoms with Crippen molar-refractivity contribution in [3.8, 4) is 0 Å². The highest BCUT2D eigenvalue weighted by Gasteiger charge is 2.26. The van der Waals surface area contributed by atoms with Gasteiger partial charge in [-0.25, -0.2) is 0 Å². The van der Waals surface area contributed by atoms with Crippen LogP contribution in [0, 0.1) is 0 Å². The third-order valence-corrected chi connectivity index (χ3v) is 3.96. The van der Waals surface area contributed by atoms with E-state index in [4.69, 9.17) is 23.2 Å². The standard InChI is InChI=1S/C13H13Cl2N3O3/c14-9-2-1-3-10(11(9)15)16-12(20)13(21)18-6-4-17(8-19)5-7-18/h1-3,8H,4-7H2,(H,16,20). The van der Waals surface area contributed by atoms with E-state index in [1.807, 2.05) is 0 Å². The maximum absolute atomic E-state index is 12.0. The maximum atomic E-state index is 12.0. The summed E-state index contributed by atoms with van der Waals surface area (Å²) in [5.41, 5.74) is 0.286. The fourth-order valence-corrected chi connectivity index (χ4v) is 2.30. The molecule has 0 aliphatic carbocycles. The Hall–Kier alpha value is -1.79. The summed E-state index contributed by atoms with van der Waals surface area (Å²) < 4.78 is 0. The Balaban J connectivity index is 1.99. The molecule has 112 valence electrons. The Bertz CT molecular complexity index is 572. The molecule has 21 heavy (non-hydrogen) atoms. The topological polar surface area (TPSA) is 69.7 Å². The van der Waals surface area contributed by atoms with Crippen LogP contribution in [0.2, 0.25) is 10.0 Å². The molecule has 0 spiro atoms. The van der Waals surface area contributed by atoms with E-state index in [0.29, 0.717) is 31.2 Å². The SMILES string of the molecule is O=CN1CCN(C(=O)C(=O)Nc2cccc(Cl)c2Cl)CC1. The van der Waals surface area contributed by atoms with Gasteiger partial charge in [-0.15, -0.1) is 0 Å². The first-order valence-corrected chi connectivity index (χ1v) is 7.02. The smallest absolute Gasteiger partial charge is 0.313 e. The summed E-state index contributed by atoms with van der Waals surface area (Å²) in [6, 6.07) is 4.76. The van der Waals surface area contributed by atoms with E-state index < -0.39 is 11.8 Å². The lowest BCUT2D eigenvalue weighted by Crippen LogP contribution is -2.51. The highest BCUT2D eigenvalue weighted by atomic mass is 35.5. The minimum atomic E-state index is -0.779. The Morgan fingerprint density at radius 1 is 1.14 bits per heavy atom. The molecule has 1 fully saturated rings. The van der Waals surface area contributed by atoms with Gasteiger partial charge in [0.25, 0.3) is 0 Å². The van der Waals surface area contributed by atoms with Crippen LogP contribution < -0.4 is 5.32 Å². The first-order chi connectivity index (χ1) is 10.0. The van der Waals surface area contributed by atoms with E-state index in [1.165, 1.54) is 4.90 Å². The van der Waals surface area contributed by atoms with Gasteiger partial charge in [-0.1, -0.05) is 29.3 Å². The van der Waals surface area contributed by atoms with Crippen LogP contribution in [0.1, 0.15) is 0 Å². The van der Waals surface area contributed by atoms with Crippen LogP contribution in [-0.4, -0.2) is 54.2 Å². The molecule has 1 aliphatic heterocycles. The molecule has 1 aliphatic rings. The highest BCUT2D eigenvalue weighted by molar-refractivity contribution is 6.45. The number of nitrogens with zero attached hydrogens (tertiary/aromatic N) is 2. The molecule has 0 unspecified atom stereocenters. The summed E-state index contributed by atoms with van der Waals surface area (Å²) in [7, 11) is 0. The van der Waals surface area contributed by atoms with Gasteiger partial charge in [0.2, 0.25) is 6.41 Å². The molecule has 1 saturated heterocycles. The van der Waals surface area contributed by atoms with Gasteiger partial charge in [0.15, 0.2) is 0 Å². The third kappa shape index (κ3) is 3.65. The Morgan fingerprint density at radius 3 is 2.43 bits per heavy atom. The number of carbonyl (C=O) groups excluding carboxylic acids is 3. The molecule has 1 heterocycles. The average Bonchev–Trinajstić information content (AvgIpc) is 2.51. The predicted octanol–water partition coefficient (Wildman–Crippen LogP) is 1.23. The van der Waals surface area contributed by atoms with Gasteiger partial charge >= 0.3 is 11.8 Å². The van der Waals surface area contributed by atoms with E-state index in [-0.39, 0.29) is 10.7 Å². The summed E-state index contributed by atoms with van der Waals surface area (Å²) >= 11 is 11.8. The van der Waals surface area contributed by atoms with E-state index in [1.54, 1.807) is 23.1 Å². The number of nitrogens with one attached hydrogen (secondary N) is 1. The van der Waals surface area contributed by atoms with E-state index in [9.17, 15) is 14.4 Å². The van der Waals surface area contributed by atoms with Crippen LogP contribution in [0.4, 0.5) is 5.69 Å². The molecule has 0 atom stereocenters. The normalized spacial score (nSPS) is 14.8. The first kappa shape index (κ1) is 15.6. The molecule has 0 radical (unpaired) electrons. The highest BCUT2D eigenvalue weighted by Crippen LogP contribution is 2.29. The van der Waals surface area contributed by atoms with Gasteiger partial charge in [0, 0.05) is 26.2 Å². The molecule has 2 rings (SSSR count). The number of halogens is 2. The van der Waals surface area contributed by atoms with E-state index in [2.05, 4.69) is 5.32 Å². The van der Waals surface area contributed by atoms with Crippen molar-refractivity contribution in [1.29, 1.82) is 0 Å². The molecular formula is C13H13Cl2N3O3. The fraction of sp³-hybridized carbons (Fsp3) is 0.308. The molecule has 1 aromatic rings. The number of rotatable bonds is 2. The van der Waals surface area contributed by atoms with Gasteiger partial charge in [0.05, 0.1) is 15.7 Å². The van der Waals surface area contributed by atoms with Crippen molar-refractivity contribution < 1.29 is 14.4 Å². The molecule has 1 aromatic carbocycles. The van der Waals surface area contributed by atoms with Crippen LogP contribution in [0.25, 0.3) is 0 Å². The fourth-order valence-electron chi connectivity index (χ4n) is 1.95. The molecule has 6 nitrogen and oxygen atoms in total. The Labute approximate surface area is 131 Å². The molecule has 8 heteroatoms. The lowest BCUT2D eigenvalue weighted by molar-refractivity contribution is -0.144. The summed E-state index contributed by atoms with van der Waals surface area (Å²) in [5.74, 6) is -1.43. The van der Waals surface area contributed by atoms with Crippen molar-refractivity contribution in [2.45, 2.75) is 0 Å². The first-order valence-electron chi connectivity index (χ1n) is 6.26. The molecule has 0 aromatic heterocycles. The summed E-state index contributed by atoms with van der Waals surface area (Å²) in [5, 5.41) is 2.92. The largest absolute Gasteiger partial charge is 0.342 e. The molecule has 0 bridgehead atoms. The number of anilines is 1. The zero-order valence-electron chi connectivity index (χ0n) is 11.0. The van der Waals surface area contributed by atoms with Crippen molar-refractivity contribution in [2.75, 3.05) is 31.5 Å². The summed E-state index contributed by atoms with van der Waals surface area (Å²) in [4.78, 5) is 37.5. The van der Waals surface area contributed by atoms with Crippen molar-refractivity contribution in [3.05, 3.63) is 28.2 Å².